The molecule has 2 atom stereocenters. The summed E-state index contributed by atoms with van der Waals surface area (Å²) in [5.41, 5.74) is 2.78. The molecule has 1 aromatic heterocycles. The molecule has 1 aliphatic rings. The van der Waals surface area contributed by atoms with Crippen molar-refractivity contribution in [3.63, 3.8) is 0 Å². The maximum atomic E-state index is 5.34. The van der Waals surface area contributed by atoms with Crippen LogP contribution in [-0.4, -0.2) is 23.2 Å². The molecule has 0 spiro atoms. The first-order valence-electron chi connectivity index (χ1n) is 7.21. The van der Waals surface area contributed by atoms with Gasteiger partial charge in [-0.3, -0.25) is 0 Å². The second-order valence-electron chi connectivity index (χ2n) is 5.22. The van der Waals surface area contributed by atoms with E-state index in [2.05, 4.69) is 46.2 Å². The van der Waals surface area contributed by atoms with Crippen molar-refractivity contribution in [1.29, 1.82) is 0 Å². The van der Waals surface area contributed by atoms with E-state index in [0.29, 0.717) is 12.1 Å². The molecule has 1 aliphatic carbocycles. The lowest BCUT2D eigenvalue weighted by atomic mass is 9.83. The highest BCUT2D eigenvalue weighted by Crippen LogP contribution is 2.38. The Bertz CT molecular complexity index is 565. The molecular weight excluding hydrogens is 250 g/mol. The summed E-state index contributed by atoms with van der Waals surface area (Å²) in [7, 11) is 1.72. The number of aromatic nitrogens is 2. The Morgan fingerprint density at radius 1 is 1.45 bits per heavy atom. The molecule has 0 saturated heterocycles. The van der Waals surface area contributed by atoms with Gasteiger partial charge in [-0.15, -0.1) is 0 Å². The van der Waals surface area contributed by atoms with E-state index >= 15 is 0 Å². The fourth-order valence-corrected chi connectivity index (χ4v) is 3.16. The van der Waals surface area contributed by atoms with Crippen LogP contribution in [0.5, 0.6) is 5.75 Å². The molecule has 20 heavy (non-hydrogen) atoms. The van der Waals surface area contributed by atoms with Crippen LogP contribution >= 0.6 is 0 Å². The summed E-state index contributed by atoms with van der Waals surface area (Å²) in [6.07, 6.45) is 8.03. The van der Waals surface area contributed by atoms with Crippen LogP contribution in [0.25, 0.3) is 0 Å². The minimum Gasteiger partial charge on any atom is -0.497 e. The number of fused-ring (bicyclic) bond motifs is 1. The van der Waals surface area contributed by atoms with Gasteiger partial charge in [0.25, 0.3) is 0 Å². The molecule has 2 unspecified atom stereocenters. The summed E-state index contributed by atoms with van der Waals surface area (Å²) >= 11 is 0. The van der Waals surface area contributed by atoms with Crippen LogP contribution < -0.4 is 10.1 Å². The summed E-state index contributed by atoms with van der Waals surface area (Å²) in [5.74, 6) is 0.945. The van der Waals surface area contributed by atoms with E-state index in [-0.39, 0.29) is 0 Å². The summed E-state index contributed by atoms with van der Waals surface area (Å²) < 4.78 is 7.56. The SMILES string of the molecule is CCNC1c2ccc(OC)cc2CCC1n1ccnc1. The van der Waals surface area contributed by atoms with Crippen molar-refractivity contribution < 1.29 is 4.74 Å². The molecule has 0 bridgehead atoms. The number of hydrogen-bond acceptors (Lipinski definition) is 3. The van der Waals surface area contributed by atoms with Gasteiger partial charge in [0.05, 0.1) is 25.5 Å². The molecule has 106 valence electrons. The zero-order valence-electron chi connectivity index (χ0n) is 12.0. The van der Waals surface area contributed by atoms with Crippen molar-refractivity contribution in [3.05, 3.63) is 48.0 Å². The lowest BCUT2D eigenvalue weighted by Crippen LogP contribution is -2.33. The first-order chi connectivity index (χ1) is 9.83. The van der Waals surface area contributed by atoms with Crippen LogP contribution in [0.15, 0.2) is 36.9 Å². The fraction of sp³-hybridized carbons (Fsp3) is 0.438. The van der Waals surface area contributed by atoms with E-state index in [0.717, 1.165) is 25.1 Å². The van der Waals surface area contributed by atoms with Crippen molar-refractivity contribution >= 4 is 0 Å². The van der Waals surface area contributed by atoms with E-state index in [4.69, 9.17) is 4.74 Å². The topological polar surface area (TPSA) is 39.1 Å². The predicted octanol–water partition coefficient (Wildman–Crippen LogP) is 2.73. The van der Waals surface area contributed by atoms with E-state index in [1.807, 2.05) is 12.5 Å². The van der Waals surface area contributed by atoms with E-state index in [1.165, 1.54) is 11.1 Å². The Labute approximate surface area is 119 Å². The molecule has 4 nitrogen and oxygen atoms in total. The van der Waals surface area contributed by atoms with Gasteiger partial charge in [0.2, 0.25) is 0 Å². The van der Waals surface area contributed by atoms with Crippen LogP contribution in [0.1, 0.15) is 36.6 Å². The molecule has 3 rings (SSSR count). The third kappa shape index (κ3) is 2.31. The number of aryl methyl sites for hydroxylation is 1. The highest BCUT2D eigenvalue weighted by atomic mass is 16.5. The van der Waals surface area contributed by atoms with Crippen LogP contribution in [0.4, 0.5) is 0 Å². The number of likely N-dealkylation sites (N-methyl/N-ethyl adjacent to an activating group) is 1. The van der Waals surface area contributed by atoms with Crippen molar-refractivity contribution in [2.24, 2.45) is 0 Å². The smallest absolute Gasteiger partial charge is 0.119 e. The van der Waals surface area contributed by atoms with Gasteiger partial charge < -0.3 is 14.6 Å². The van der Waals surface area contributed by atoms with E-state index in [9.17, 15) is 0 Å². The predicted molar refractivity (Wildman–Crippen MR) is 79.0 cm³/mol. The van der Waals surface area contributed by atoms with Crippen LogP contribution in [0, 0.1) is 0 Å². The summed E-state index contributed by atoms with van der Waals surface area (Å²) in [6, 6.07) is 7.19. The Balaban J connectivity index is 1.97. The van der Waals surface area contributed by atoms with Gasteiger partial charge in [0.15, 0.2) is 0 Å². The standard InChI is InChI=1S/C16H21N3O/c1-3-18-16-14-6-5-13(20-2)10-12(14)4-7-15(16)19-9-8-17-11-19/h5-6,8-11,15-16,18H,3-4,7H2,1-2H3. The molecular formula is C16H21N3O. The molecule has 0 aliphatic heterocycles. The average molecular weight is 271 g/mol. The average Bonchev–Trinajstić information content (AvgIpc) is 3.01. The number of benzene rings is 1. The Morgan fingerprint density at radius 2 is 2.35 bits per heavy atom. The first-order valence-corrected chi connectivity index (χ1v) is 7.21. The van der Waals surface area contributed by atoms with Gasteiger partial charge in [-0.25, -0.2) is 4.98 Å². The number of methoxy groups -OCH3 is 1. The normalized spacial score (nSPS) is 21.5. The largest absolute Gasteiger partial charge is 0.497 e. The van der Waals surface area contributed by atoms with Gasteiger partial charge in [-0.05, 0) is 42.6 Å². The molecule has 0 fully saturated rings. The molecule has 1 heterocycles. The molecule has 0 amide bonds. The van der Waals surface area contributed by atoms with Gasteiger partial charge in [0.1, 0.15) is 5.75 Å². The Hall–Kier alpha value is -1.81. The van der Waals surface area contributed by atoms with Gasteiger partial charge in [0, 0.05) is 12.4 Å². The monoisotopic (exact) mass is 271 g/mol. The van der Waals surface area contributed by atoms with Crippen LogP contribution in [0.2, 0.25) is 0 Å². The summed E-state index contributed by atoms with van der Waals surface area (Å²) in [4.78, 5) is 4.19. The molecule has 0 radical (unpaired) electrons. The molecule has 1 N–H and O–H groups in total. The van der Waals surface area contributed by atoms with Gasteiger partial charge >= 0.3 is 0 Å². The minimum atomic E-state index is 0.337. The number of imidazole rings is 1. The van der Waals surface area contributed by atoms with Gasteiger partial charge in [-0.2, -0.15) is 0 Å². The van der Waals surface area contributed by atoms with E-state index < -0.39 is 0 Å². The second-order valence-corrected chi connectivity index (χ2v) is 5.22. The third-order valence-electron chi connectivity index (χ3n) is 4.11. The zero-order valence-corrected chi connectivity index (χ0v) is 12.0. The quantitative estimate of drug-likeness (QED) is 0.929. The second kappa shape index (κ2) is 5.67. The number of rotatable bonds is 4. The van der Waals surface area contributed by atoms with Crippen LogP contribution in [-0.2, 0) is 6.42 Å². The lowest BCUT2D eigenvalue weighted by molar-refractivity contribution is 0.320. The number of nitrogens with zero attached hydrogens (tertiary/aromatic N) is 2. The molecule has 4 heteroatoms. The summed E-state index contributed by atoms with van der Waals surface area (Å²) in [5, 5.41) is 3.63. The molecule has 1 aromatic carbocycles. The first kappa shape index (κ1) is 13.2. The summed E-state index contributed by atoms with van der Waals surface area (Å²) in [6.45, 7) is 3.12. The zero-order chi connectivity index (χ0) is 13.9. The van der Waals surface area contributed by atoms with Crippen molar-refractivity contribution in [1.82, 2.24) is 14.9 Å². The van der Waals surface area contributed by atoms with E-state index in [1.54, 1.807) is 7.11 Å². The number of ether oxygens (including phenoxy) is 1. The molecule has 2 aromatic rings. The highest BCUT2D eigenvalue weighted by molar-refractivity contribution is 5.40. The maximum Gasteiger partial charge on any atom is 0.119 e. The number of hydrogen-bond donors (Lipinski definition) is 1. The Kier molecular flexibility index (Phi) is 3.74. The molecule has 0 saturated carbocycles. The third-order valence-corrected chi connectivity index (χ3v) is 4.11. The Morgan fingerprint density at radius 3 is 3.05 bits per heavy atom. The van der Waals surface area contributed by atoms with Crippen molar-refractivity contribution in [3.8, 4) is 5.75 Å². The highest BCUT2D eigenvalue weighted by Gasteiger charge is 2.30. The fourth-order valence-electron chi connectivity index (χ4n) is 3.16. The lowest BCUT2D eigenvalue weighted by Gasteiger charge is -2.35. The minimum absolute atomic E-state index is 0.337. The maximum absolute atomic E-state index is 5.34. The van der Waals surface area contributed by atoms with Crippen LogP contribution in [0.3, 0.4) is 0 Å². The van der Waals surface area contributed by atoms with Crippen molar-refractivity contribution in [2.45, 2.75) is 31.8 Å². The number of nitrogens with one attached hydrogen (secondary N) is 1. The van der Waals surface area contributed by atoms with Gasteiger partial charge in [-0.1, -0.05) is 13.0 Å². The van der Waals surface area contributed by atoms with Crippen molar-refractivity contribution in [2.75, 3.05) is 13.7 Å².